The zero-order valence-corrected chi connectivity index (χ0v) is 20.6. The molecule has 2 heterocycles. The first-order valence-electron chi connectivity index (χ1n) is 8.09. The molecule has 0 aliphatic carbocycles. The predicted molar refractivity (Wildman–Crippen MR) is 110 cm³/mol. The second-order valence-electron chi connectivity index (χ2n) is 5.46. The second kappa shape index (κ2) is 11.6. The van der Waals surface area contributed by atoms with Crippen LogP contribution in [0.4, 0.5) is 5.69 Å². The van der Waals surface area contributed by atoms with Crippen LogP contribution in [0.1, 0.15) is 29.3 Å². The average molecular weight is 499 g/mol. The monoisotopic (exact) mass is 497 g/mol. The van der Waals surface area contributed by atoms with Gasteiger partial charge in [0, 0.05) is 24.3 Å². The summed E-state index contributed by atoms with van der Waals surface area (Å²) in [7, 11) is 0. The Hall–Kier alpha value is -0.937. The molecule has 25 heavy (non-hydrogen) atoms. The summed E-state index contributed by atoms with van der Waals surface area (Å²) in [5, 5.41) is 0. The third-order valence-corrected chi connectivity index (χ3v) is 3.57. The first-order chi connectivity index (χ1) is 12.1. The summed E-state index contributed by atoms with van der Waals surface area (Å²) in [6.45, 7) is 15.5. The van der Waals surface area contributed by atoms with Crippen LogP contribution in [0.15, 0.2) is 48.9 Å². The fraction of sp³-hybridized carbons (Fsp3) is 0.250. The molecule has 0 bridgehead atoms. The number of nitrogens with zero attached hydrogens (tertiary/aromatic N) is 3. The summed E-state index contributed by atoms with van der Waals surface area (Å²) in [6.07, 6.45) is 5.90. The Bertz CT molecular complexity index is 651. The number of halogens is 1. The number of hydrogen-bond donors (Lipinski definition) is 0. The number of benzene rings is 1. The van der Waals surface area contributed by atoms with Gasteiger partial charge in [0.15, 0.2) is 0 Å². The standard InChI is InChI=1S/C18H19N3.C2H5.HI.Zn/c1-14-10-15(2)18(16(3)11-14)21-9-8-20(13-21)12-17-6-4-5-7-19-17;1-2;;/h4-11H,12H2,1-3H3;1H2,2H3;1H;/q;-1;;+2/p-1. The van der Waals surface area contributed by atoms with E-state index in [0.29, 0.717) is 0 Å². The Morgan fingerprint density at radius 1 is 1.08 bits per heavy atom. The van der Waals surface area contributed by atoms with E-state index in [1.165, 1.54) is 37.2 Å². The van der Waals surface area contributed by atoms with Crippen LogP contribution in [0, 0.1) is 34.4 Å². The summed E-state index contributed by atoms with van der Waals surface area (Å²) >= 11 is 3.62. The van der Waals surface area contributed by atoms with E-state index in [0.717, 1.165) is 12.2 Å². The minimum absolute atomic E-state index is 0.734. The molecule has 0 spiro atoms. The fourth-order valence-corrected chi connectivity index (χ4v) is 2.78. The Kier molecular flexibility index (Phi) is 10.3. The van der Waals surface area contributed by atoms with Crippen molar-refractivity contribution in [3.8, 4) is 0 Å². The number of hydrogen-bond acceptors (Lipinski definition) is 3. The number of aromatic nitrogens is 1. The van der Waals surface area contributed by atoms with Gasteiger partial charge in [0.05, 0.1) is 12.2 Å². The molecule has 5 heteroatoms. The van der Waals surface area contributed by atoms with Crippen molar-refractivity contribution in [1.29, 1.82) is 0 Å². The molecule has 2 radical (unpaired) electrons. The molecule has 2 aromatic rings. The molecule has 0 atom stereocenters. The van der Waals surface area contributed by atoms with Crippen LogP contribution in [-0.4, -0.2) is 9.88 Å². The van der Waals surface area contributed by atoms with Crippen molar-refractivity contribution in [2.24, 2.45) is 0 Å². The molecule has 128 valence electrons. The average Bonchev–Trinajstić information content (AvgIpc) is 3.06. The molecule has 1 aromatic heterocycles. The van der Waals surface area contributed by atoms with Crippen molar-refractivity contribution >= 4 is 25.4 Å². The number of rotatable bonds is 3. The normalized spacial score (nSPS) is 12.3. The third-order valence-electron chi connectivity index (χ3n) is 3.57. The first kappa shape index (κ1) is 22.1. The fourth-order valence-electron chi connectivity index (χ4n) is 2.78. The third kappa shape index (κ3) is 6.38. The Balaban J connectivity index is 0.000000730. The van der Waals surface area contributed by atoms with Crippen LogP contribution in [0.25, 0.3) is 0 Å². The quantitative estimate of drug-likeness (QED) is 0.316. The number of pyridine rings is 1. The van der Waals surface area contributed by atoms with Gasteiger partial charge in [0.2, 0.25) is 6.67 Å². The Morgan fingerprint density at radius 2 is 1.72 bits per heavy atom. The predicted octanol–water partition coefficient (Wildman–Crippen LogP) is 5.52. The maximum atomic E-state index is 4.35. The van der Waals surface area contributed by atoms with E-state index in [-0.39, 0.29) is 0 Å². The molecule has 0 saturated heterocycles. The summed E-state index contributed by atoms with van der Waals surface area (Å²) in [4.78, 5) is 8.44. The van der Waals surface area contributed by atoms with E-state index in [1.807, 2.05) is 41.7 Å². The van der Waals surface area contributed by atoms with Gasteiger partial charge in [0.1, 0.15) is 0 Å². The molecule has 0 saturated carbocycles. The van der Waals surface area contributed by atoms with Crippen molar-refractivity contribution in [2.45, 2.75) is 34.2 Å². The molecular formula is C20H24IN3Zn. The van der Waals surface area contributed by atoms with Gasteiger partial charge < -0.3 is 16.7 Å². The molecule has 0 unspecified atom stereocenters. The molecule has 3 nitrogen and oxygen atoms in total. The first-order valence-corrected chi connectivity index (χ1v) is 17.1. The summed E-state index contributed by atoms with van der Waals surface area (Å²) < 4.78 is 0. The van der Waals surface area contributed by atoms with E-state index in [1.54, 1.807) is 6.92 Å². The van der Waals surface area contributed by atoms with Crippen molar-refractivity contribution in [2.75, 3.05) is 4.90 Å². The molecular weight excluding hydrogens is 475 g/mol. The molecule has 0 fully saturated rings. The van der Waals surface area contributed by atoms with Gasteiger partial charge in [-0.15, -0.1) is 0 Å². The van der Waals surface area contributed by atoms with Gasteiger partial charge in [-0.3, -0.25) is 4.98 Å². The molecule has 3 rings (SSSR count). The van der Waals surface area contributed by atoms with Crippen LogP contribution in [0.2, 0.25) is 0 Å². The molecule has 0 amide bonds. The molecule has 1 aliphatic heterocycles. The van der Waals surface area contributed by atoms with E-state index < -0.39 is 0 Å². The van der Waals surface area contributed by atoms with Gasteiger partial charge in [-0.1, -0.05) is 23.8 Å². The van der Waals surface area contributed by atoms with Gasteiger partial charge in [-0.25, -0.2) is 0 Å². The van der Waals surface area contributed by atoms with Crippen molar-refractivity contribution in [1.82, 2.24) is 9.88 Å². The van der Waals surface area contributed by atoms with Crippen LogP contribution in [0.3, 0.4) is 0 Å². The Morgan fingerprint density at radius 3 is 2.28 bits per heavy atom. The summed E-state index contributed by atoms with van der Waals surface area (Å²) in [5.74, 6) is 0. The van der Waals surface area contributed by atoms with Crippen molar-refractivity contribution in [3.63, 3.8) is 0 Å². The van der Waals surface area contributed by atoms with Gasteiger partial charge in [-0.05, 0) is 44.0 Å². The van der Waals surface area contributed by atoms with E-state index in [2.05, 4.69) is 76.1 Å². The van der Waals surface area contributed by atoms with Crippen LogP contribution >= 0.6 is 19.8 Å². The molecule has 1 aromatic carbocycles. The molecule has 0 N–H and O–H groups in total. The topological polar surface area (TPSA) is 19.4 Å². The SMILES string of the molecule is Cc1cc(C)c(N2[C]N(Cc3ccccn3)C=C2)c(C)c1.[CH2-]C.[Zn+][I]. The second-order valence-corrected chi connectivity index (χ2v) is 5.46. The van der Waals surface area contributed by atoms with Crippen LogP contribution < -0.4 is 4.90 Å². The Labute approximate surface area is 173 Å². The van der Waals surface area contributed by atoms with E-state index in [4.69, 9.17) is 0 Å². The number of aryl methyl sites for hydroxylation is 3. The zero-order valence-electron chi connectivity index (χ0n) is 15.5. The van der Waals surface area contributed by atoms with Gasteiger partial charge in [0.25, 0.3) is 0 Å². The van der Waals surface area contributed by atoms with E-state index >= 15 is 0 Å². The molecule has 1 aliphatic rings. The van der Waals surface area contributed by atoms with Crippen molar-refractivity contribution < 1.29 is 14.8 Å². The summed E-state index contributed by atoms with van der Waals surface area (Å²) in [5.41, 5.74) is 6.07. The van der Waals surface area contributed by atoms with Gasteiger partial charge >= 0.3 is 34.5 Å². The van der Waals surface area contributed by atoms with Crippen molar-refractivity contribution in [3.05, 3.63) is 84.9 Å². The maximum absolute atomic E-state index is 4.35. The minimum atomic E-state index is 0.734. The van der Waals surface area contributed by atoms with Crippen LogP contribution in [-0.2, 0) is 21.3 Å². The number of anilines is 1. The zero-order chi connectivity index (χ0) is 18.8. The van der Waals surface area contributed by atoms with Crippen LogP contribution in [0.5, 0.6) is 0 Å². The van der Waals surface area contributed by atoms with E-state index in [9.17, 15) is 0 Å². The summed E-state index contributed by atoms with van der Waals surface area (Å²) in [6, 6.07) is 10.4. The van der Waals surface area contributed by atoms with Gasteiger partial charge in [-0.2, -0.15) is 6.92 Å².